The normalized spacial score (nSPS) is 12.1. The average molecular weight is 523 g/mol. The van der Waals surface area contributed by atoms with Crippen molar-refractivity contribution in [2.45, 2.75) is 26.4 Å². The van der Waals surface area contributed by atoms with E-state index in [4.69, 9.17) is 0 Å². The van der Waals surface area contributed by atoms with E-state index in [-0.39, 0.29) is 35.9 Å². The van der Waals surface area contributed by atoms with Crippen LogP contribution >= 0.6 is 24.0 Å². The third kappa shape index (κ3) is 7.60. The van der Waals surface area contributed by atoms with Crippen LogP contribution in [-0.2, 0) is 6.54 Å². The number of nitrogens with zero attached hydrogens (tertiary/aromatic N) is 2. The van der Waals surface area contributed by atoms with E-state index in [1.165, 1.54) is 5.56 Å². The zero-order valence-electron chi connectivity index (χ0n) is 18.3. The van der Waals surface area contributed by atoms with Gasteiger partial charge in [0.25, 0.3) is 5.91 Å². The first-order valence-corrected chi connectivity index (χ1v) is 10.2. The number of carbonyl (C=O) groups is 1. The summed E-state index contributed by atoms with van der Waals surface area (Å²) in [6, 6.07) is 18.4. The standard InChI is InChI=1S/C23H33N5O.HI/c1-5-28(6-2)21(19-10-8-7-9-11-19)17-27-23(25-4)26-16-18-12-14-20(15-13-18)22(29)24-3;/h7-15,21H,5-6,16-17H2,1-4H3,(H,24,29)(H2,25,26,27);1H. The molecule has 30 heavy (non-hydrogen) atoms. The van der Waals surface area contributed by atoms with Crippen LogP contribution in [0.15, 0.2) is 59.6 Å². The number of nitrogens with one attached hydrogen (secondary N) is 3. The molecular formula is C23H34IN5O. The highest BCUT2D eigenvalue weighted by Gasteiger charge is 2.18. The van der Waals surface area contributed by atoms with Crippen molar-refractivity contribution in [3.8, 4) is 0 Å². The predicted molar refractivity (Wildman–Crippen MR) is 136 cm³/mol. The van der Waals surface area contributed by atoms with Gasteiger partial charge in [0.05, 0.1) is 6.04 Å². The minimum Gasteiger partial charge on any atom is -0.355 e. The summed E-state index contributed by atoms with van der Waals surface area (Å²) in [6.07, 6.45) is 0. The van der Waals surface area contributed by atoms with Gasteiger partial charge in [-0.1, -0.05) is 56.3 Å². The number of guanidine groups is 1. The van der Waals surface area contributed by atoms with Crippen LogP contribution in [0, 0.1) is 0 Å². The summed E-state index contributed by atoms with van der Waals surface area (Å²) in [4.78, 5) is 18.4. The molecule has 0 saturated heterocycles. The molecule has 0 aliphatic rings. The molecule has 0 spiro atoms. The van der Waals surface area contributed by atoms with Gasteiger partial charge in [0, 0.05) is 32.7 Å². The Morgan fingerprint density at radius 1 is 1.00 bits per heavy atom. The highest BCUT2D eigenvalue weighted by atomic mass is 127. The van der Waals surface area contributed by atoms with Gasteiger partial charge in [0.15, 0.2) is 5.96 Å². The minimum absolute atomic E-state index is 0. The van der Waals surface area contributed by atoms with Crippen molar-refractivity contribution < 1.29 is 4.79 Å². The van der Waals surface area contributed by atoms with Crippen LogP contribution in [-0.4, -0.2) is 50.5 Å². The average Bonchev–Trinajstić information content (AvgIpc) is 2.78. The van der Waals surface area contributed by atoms with Crippen LogP contribution in [0.2, 0.25) is 0 Å². The Labute approximate surface area is 197 Å². The zero-order valence-corrected chi connectivity index (χ0v) is 20.6. The predicted octanol–water partition coefficient (Wildman–Crippen LogP) is 3.41. The molecule has 0 fully saturated rings. The highest BCUT2D eigenvalue weighted by Crippen LogP contribution is 2.19. The van der Waals surface area contributed by atoms with Crippen molar-refractivity contribution in [1.29, 1.82) is 0 Å². The number of likely N-dealkylation sites (N-methyl/N-ethyl adjacent to an activating group) is 1. The summed E-state index contributed by atoms with van der Waals surface area (Å²) >= 11 is 0. The fourth-order valence-electron chi connectivity index (χ4n) is 3.32. The van der Waals surface area contributed by atoms with Gasteiger partial charge in [0.1, 0.15) is 0 Å². The quantitative estimate of drug-likeness (QED) is 0.268. The van der Waals surface area contributed by atoms with Crippen molar-refractivity contribution in [3.05, 3.63) is 71.3 Å². The number of aliphatic imine (C=N–C) groups is 1. The van der Waals surface area contributed by atoms with Gasteiger partial charge in [-0.15, -0.1) is 24.0 Å². The third-order valence-electron chi connectivity index (χ3n) is 5.03. The third-order valence-corrected chi connectivity index (χ3v) is 5.03. The maximum atomic E-state index is 11.6. The van der Waals surface area contributed by atoms with Crippen molar-refractivity contribution >= 4 is 35.8 Å². The van der Waals surface area contributed by atoms with Gasteiger partial charge >= 0.3 is 0 Å². The molecule has 164 valence electrons. The number of benzene rings is 2. The Morgan fingerprint density at radius 2 is 1.63 bits per heavy atom. The van der Waals surface area contributed by atoms with E-state index < -0.39 is 0 Å². The second-order valence-corrected chi connectivity index (χ2v) is 6.73. The lowest BCUT2D eigenvalue weighted by Gasteiger charge is -2.30. The Balaban J connectivity index is 0.00000450. The van der Waals surface area contributed by atoms with Crippen molar-refractivity contribution in [1.82, 2.24) is 20.9 Å². The smallest absolute Gasteiger partial charge is 0.251 e. The summed E-state index contributed by atoms with van der Waals surface area (Å²) in [5.74, 6) is 0.679. The largest absolute Gasteiger partial charge is 0.355 e. The highest BCUT2D eigenvalue weighted by molar-refractivity contribution is 14.0. The van der Waals surface area contributed by atoms with Gasteiger partial charge in [-0.25, -0.2) is 0 Å². The molecule has 3 N–H and O–H groups in total. The molecule has 1 unspecified atom stereocenters. The SMILES string of the molecule is CCN(CC)C(CNC(=NC)NCc1ccc(C(=O)NC)cc1)c1ccccc1.I. The van der Waals surface area contributed by atoms with Gasteiger partial charge < -0.3 is 16.0 Å². The maximum Gasteiger partial charge on any atom is 0.251 e. The topological polar surface area (TPSA) is 68.8 Å². The zero-order chi connectivity index (χ0) is 21.1. The first-order valence-electron chi connectivity index (χ1n) is 10.2. The number of rotatable bonds is 9. The van der Waals surface area contributed by atoms with E-state index in [9.17, 15) is 4.79 Å². The van der Waals surface area contributed by atoms with Crippen LogP contribution in [0.3, 0.4) is 0 Å². The summed E-state index contributed by atoms with van der Waals surface area (Å²) in [7, 11) is 3.41. The summed E-state index contributed by atoms with van der Waals surface area (Å²) in [5.41, 5.74) is 3.04. The molecule has 1 amide bonds. The molecule has 0 bridgehead atoms. The van der Waals surface area contributed by atoms with Crippen LogP contribution < -0.4 is 16.0 Å². The lowest BCUT2D eigenvalue weighted by Crippen LogP contribution is -2.43. The molecule has 7 heteroatoms. The minimum atomic E-state index is -0.0784. The number of carbonyl (C=O) groups excluding carboxylic acids is 1. The fourth-order valence-corrected chi connectivity index (χ4v) is 3.32. The van der Waals surface area contributed by atoms with E-state index >= 15 is 0 Å². The molecule has 2 rings (SSSR count). The molecule has 0 radical (unpaired) electrons. The first-order chi connectivity index (χ1) is 14.1. The van der Waals surface area contributed by atoms with Gasteiger partial charge in [-0.2, -0.15) is 0 Å². The number of hydrogen-bond acceptors (Lipinski definition) is 3. The van der Waals surface area contributed by atoms with Crippen molar-refractivity contribution in [2.75, 3.05) is 33.7 Å². The molecule has 2 aromatic rings. The number of amides is 1. The Hall–Kier alpha value is -2.13. The van der Waals surface area contributed by atoms with Crippen LogP contribution in [0.4, 0.5) is 0 Å². The summed E-state index contributed by atoms with van der Waals surface area (Å²) < 4.78 is 0. The number of halogens is 1. The molecule has 0 aromatic heterocycles. The molecule has 2 aromatic carbocycles. The van der Waals surface area contributed by atoms with Crippen molar-refractivity contribution in [3.63, 3.8) is 0 Å². The van der Waals surface area contributed by atoms with E-state index in [1.807, 2.05) is 30.3 Å². The number of hydrogen-bond donors (Lipinski definition) is 3. The fraction of sp³-hybridized carbons (Fsp3) is 0.391. The van der Waals surface area contributed by atoms with E-state index in [1.54, 1.807) is 14.1 Å². The lowest BCUT2D eigenvalue weighted by atomic mass is 10.1. The monoisotopic (exact) mass is 523 g/mol. The summed E-state index contributed by atoms with van der Waals surface area (Å²) in [6.45, 7) is 7.75. The second-order valence-electron chi connectivity index (χ2n) is 6.73. The van der Waals surface area contributed by atoms with Crippen LogP contribution in [0.25, 0.3) is 0 Å². The van der Waals surface area contributed by atoms with Crippen LogP contribution in [0.1, 0.15) is 41.4 Å². The Morgan fingerprint density at radius 3 is 2.17 bits per heavy atom. The molecule has 1 atom stereocenters. The second kappa shape index (κ2) is 14.0. The molecule has 0 heterocycles. The molecular weight excluding hydrogens is 489 g/mol. The summed E-state index contributed by atoms with van der Waals surface area (Å²) in [5, 5.41) is 9.44. The van der Waals surface area contributed by atoms with Crippen molar-refractivity contribution in [2.24, 2.45) is 4.99 Å². The lowest BCUT2D eigenvalue weighted by molar-refractivity contribution is 0.0963. The van der Waals surface area contributed by atoms with Gasteiger partial charge in [-0.05, 0) is 36.3 Å². The Bertz CT molecular complexity index is 776. The van der Waals surface area contributed by atoms with E-state index in [0.717, 1.165) is 31.2 Å². The molecule has 0 aliphatic heterocycles. The molecule has 0 aliphatic carbocycles. The van der Waals surface area contributed by atoms with Gasteiger partial charge in [0.2, 0.25) is 0 Å². The maximum absolute atomic E-state index is 11.6. The van der Waals surface area contributed by atoms with E-state index in [0.29, 0.717) is 12.1 Å². The molecule has 0 saturated carbocycles. The van der Waals surface area contributed by atoms with E-state index in [2.05, 4.69) is 64.0 Å². The van der Waals surface area contributed by atoms with Crippen LogP contribution in [0.5, 0.6) is 0 Å². The van der Waals surface area contributed by atoms with Gasteiger partial charge in [-0.3, -0.25) is 14.7 Å². The first kappa shape index (κ1) is 25.9. The Kier molecular flexibility index (Phi) is 12.1. The molecule has 6 nitrogen and oxygen atoms in total.